The molecular weight excluding hydrogens is 532 g/mol. The molecule has 0 heterocycles. The lowest BCUT2D eigenvalue weighted by Crippen LogP contribution is -2.18. The smallest absolute Gasteiger partial charge is 0.338 e. The Morgan fingerprint density at radius 1 is 0.684 bits per heavy atom. The highest BCUT2D eigenvalue weighted by molar-refractivity contribution is 7.99. The molecule has 0 aromatic heterocycles. The fraction of sp³-hybridized carbons (Fsp3) is 0.231. The molecule has 0 amide bonds. The van der Waals surface area contributed by atoms with Crippen molar-refractivity contribution in [3.05, 3.63) is 104 Å². The van der Waals surface area contributed by atoms with Gasteiger partial charge in [-0.1, -0.05) is 24.3 Å². The second-order valence-corrected chi connectivity index (χ2v) is 10.2. The minimum Gasteiger partial charge on any atom is -0.458 e. The summed E-state index contributed by atoms with van der Waals surface area (Å²) in [6.07, 6.45) is -1.04. The molecule has 2 unspecified atom stereocenters. The van der Waals surface area contributed by atoms with E-state index in [0.717, 1.165) is 0 Å². The summed E-state index contributed by atoms with van der Waals surface area (Å²) in [4.78, 5) is 47.3. The highest BCUT2D eigenvalue weighted by Gasteiger charge is 2.19. The number of carbonyl (C=O) groups is 2. The van der Waals surface area contributed by atoms with Gasteiger partial charge in [0.05, 0.1) is 30.8 Å². The van der Waals surface area contributed by atoms with Crippen LogP contribution in [0, 0.1) is 20.2 Å². The highest BCUT2D eigenvalue weighted by Crippen LogP contribution is 2.30. The lowest BCUT2D eigenvalue weighted by atomic mass is 10.1. The molecule has 0 radical (unpaired) electrons. The van der Waals surface area contributed by atoms with Crippen molar-refractivity contribution in [1.82, 2.24) is 0 Å². The molecule has 38 heavy (non-hydrogen) atoms. The Hall–Kier alpha value is -3.90. The monoisotopic (exact) mass is 556 g/mol. The van der Waals surface area contributed by atoms with Gasteiger partial charge in [0.1, 0.15) is 12.2 Å². The number of thioether (sulfide) groups is 2. The average Bonchev–Trinajstić information content (AvgIpc) is 2.91. The Labute approximate surface area is 227 Å². The molecule has 0 bridgehead atoms. The summed E-state index contributed by atoms with van der Waals surface area (Å²) < 4.78 is 10.9. The first-order valence-electron chi connectivity index (χ1n) is 11.4. The van der Waals surface area contributed by atoms with Gasteiger partial charge in [-0.3, -0.25) is 20.2 Å². The summed E-state index contributed by atoms with van der Waals surface area (Å²) in [5.74, 6) is -0.531. The third kappa shape index (κ3) is 8.05. The molecule has 0 fully saturated rings. The van der Waals surface area contributed by atoms with Crippen LogP contribution in [0.5, 0.6) is 0 Å². The van der Waals surface area contributed by atoms with Gasteiger partial charge in [0, 0.05) is 23.6 Å². The Morgan fingerprint density at radius 3 is 1.37 bits per heavy atom. The molecule has 0 aliphatic carbocycles. The molecule has 3 aromatic carbocycles. The Morgan fingerprint density at radius 2 is 1.03 bits per heavy atom. The number of hydrogen-bond donors (Lipinski definition) is 0. The molecule has 10 nitrogen and oxygen atoms in total. The van der Waals surface area contributed by atoms with Crippen LogP contribution in [-0.2, 0) is 9.47 Å². The second kappa shape index (κ2) is 13.6. The molecule has 0 aliphatic rings. The molecule has 3 rings (SSSR count). The Bertz CT molecular complexity index is 1220. The zero-order valence-electron chi connectivity index (χ0n) is 20.5. The number of nitro groups is 2. The first kappa shape index (κ1) is 28.7. The van der Waals surface area contributed by atoms with Crippen LogP contribution in [0.3, 0.4) is 0 Å². The van der Waals surface area contributed by atoms with E-state index in [1.54, 1.807) is 50.2 Å². The van der Waals surface area contributed by atoms with E-state index < -0.39 is 34.0 Å². The maximum absolute atomic E-state index is 12.5. The largest absolute Gasteiger partial charge is 0.458 e. The van der Waals surface area contributed by atoms with Crippen molar-refractivity contribution < 1.29 is 28.9 Å². The maximum Gasteiger partial charge on any atom is 0.338 e. The maximum atomic E-state index is 12.5. The van der Waals surface area contributed by atoms with Gasteiger partial charge in [-0.15, -0.1) is 23.5 Å². The first-order valence-corrected chi connectivity index (χ1v) is 13.4. The van der Waals surface area contributed by atoms with Gasteiger partial charge in [-0.05, 0) is 50.2 Å². The van der Waals surface area contributed by atoms with E-state index in [-0.39, 0.29) is 22.5 Å². The standard InChI is InChI=1S/C26H24N2O8S2/c1-17(15-37-23-9-5-3-7-21(23)27(31)32)35-25(29)19-11-13-20(14-12-19)26(30)36-18(2)16-38-24-10-6-4-8-22(24)28(33)34/h3-14,17-18H,15-16H2,1-2H3. The zero-order chi connectivity index (χ0) is 27.7. The average molecular weight is 557 g/mol. The van der Waals surface area contributed by atoms with Gasteiger partial charge in [0.25, 0.3) is 11.4 Å². The van der Waals surface area contributed by atoms with Crippen molar-refractivity contribution in [1.29, 1.82) is 0 Å². The second-order valence-electron chi connectivity index (χ2n) is 8.08. The van der Waals surface area contributed by atoms with Crippen molar-refractivity contribution in [3.63, 3.8) is 0 Å². The normalized spacial score (nSPS) is 12.3. The first-order chi connectivity index (χ1) is 18.2. The minimum absolute atomic E-state index is 0.00667. The van der Waals surface area contributed by atoms with E-state index in [1.165, 1.54) is 59.9 Å². The quantitative estimate of drug-likeness (QED) is 0.110. The van der Waals surface area contributed by atoms with Crippen LogP contribution in [0.2, 0.25) is 0 Å². The van der Waals surface area contributed by atoms with Gasteiger partial charge in [-0.25, -0.2) is 9.59 Å². The number of nitrogens with zero attached hydrogens (tertiary/aromatic N) is 2. The third-order valence-corrected chi connectivity index (χ3v) is 7.63. The van der Waals surface area contributed by atoms with Gasteiger partial charge in [0.2, 0.25) is 0 Å². The number of carbonyl (C=O) groups excluding carboxylic acids is 2. The number of benzene rings is 3. The van der Waals surface area contributed by atoms with Crippen LogP contribution in [0.4, 0.5) is 11.4 Å². The van der Waals surface area contributed by atoms with E-state index in [4.69, 9.17) is 9.47 Å². The number of nitro benzene ring substituents is 2. The van der Waals surface area contributed by atoms with Gasteiger partial charge < -0.3 is 9.47 Å². The van der Waals surface area contributed by atoms with Crippen LogP contribution in [0.1, 0.15) is 34.6 Å². The van der Waals surface area contributed by atoms with E-state index >= 15 is 0 Å². The molecule has 12 heteroatoms. The van der Waals surface area contributed by atoms with Crippen LogP contribution in [-0.4, -0.2) is 45.5 Å². The fourth-order valence-corrected chi connectivity index (χ4v) is 5.08. The molecule has 0 saturated carbocycles. The number of hydrogen-bond acceptors (Lipinski definition) is 10. The number of para-hydroxylation sites is 2. The molecular formula is C26H24N2O8S2. The number of ether oxygens (including phenoxy) is 2. The lowest BCUT2D eigenvalue weighted by Gasteiger charge is -2.14. The summed E-state index contributed by atoms with van der Waals surface area (Å²) in [6, 6.07) is 18.5. The molecule has 0 saturated heterocycles. The zero-order valence-corrected chi connectivity index (χ0v) is 22.1. The predicted molar refractivity (Wildman–Crippen MR) is 144 cm³/mol. The predicted octanol–water partition coefficient (Wildman–Crippen LogP) is 6.18. The van der Waals surface area contributed by atoms with E-state index in [1.807, 2.05) is 0 Å². The van der Waals surface area contributed by atoms with E-state index in [9.17, 15) is 29.8 Å². The molecule has 3 aromatic rings. The molecule has 0 spiro atoms. The van der Waals surface area contributed by atoms with Crippen molar-refractivity contribution in [2.75, 3.05) is 11.5 Å². The lowest BCUT2D eigenvalue weighted by molar-refractivity contribution is -0.387. The third-order valence-electron chi connectivity index (χ3n) is 5.04. The van der Waals surface area contributed by atoms with Crippen molar-refractivity contribution in [3.8, 4) is 0 Å². The molecule has 0 N–H and O–H groups in total. The summed E-state index contributed by atoms with van der Waals surface area (Å²) in [6.45, 7) is 3.38. The van der Waals surface area contributed by atoms with Crippen molar-refractivity contribution >= 4 is 46.8 Å². The van der Waals surface area contributed by atoms with Crippen molar-refractivity contribution in [2.45, 2.75) is 35.8 Å². The summed E-state index contributed by atoms with van der Waals surface area (Å²) in [7, 11) is 0. The van der Waals surface area contributed by atoms with E-state index in [2.05, 4.69) is 0 Å². The fourth-order valence-electron chi connectivity index (χ4n) is 3.19. The summed E-state index contributed by atoms with van der Waals surface area (Å²) in [5, 5.41) is 22.3. The van der Waals surface area contributed by atoms with Crippen LogP contribution < -0.4 is 0 Å². The minimum atomic E-state index is -0.588. The topological polar surface area (TPSA) is 139 Å². The Kier molecular flexibility index (Phi) is 10.3. The summed E-state index contributed by atoms with van der Waals surface area (Å²) in [5.41, 5.74) is 0.466. The molecule has 2 atom stereocenters. The Balaban J connectivity index is 1.49. The van der Waals surface area contributed by atoms with Gasteiger partial charge in [0.15, 0.2) is 0 Å². The molecule has 0 aliphatic heterocycles. The van der Waals surface area contributed by atoms with Crippen molar-refractivity contribution in [2.24, 2.45) is 0 Å². The van der Waals surface area contributed by atoms with E-state index in [0.29, 0.717) is 21.3 Å². The number of esters is 2. The highest BCUT2D eigenvalue weighted by atomic mass is 32.2. The summed E-state index contributed by atoms with van der Waals surface area (Å²) >= 11 is 2.44. The van der Waals surface area contributed by atoms with Gasteiger partial charge in [-0.2, -0.15) is 0 Å². The SMILES string of the molecule is CC(CSc1ccccc1[N+](=O)[O-])OC(=O)c1ccc(C(=O)OC(C)CSc2ccccc2[N+](=O)[O-])cc1. The van der Waals surface area contributed by atoms with Crippen LogP contribution >= 0.6 is 23.5 Å². The number of rotatable bonds is 12. The van der Waals surface area contributed by atoms with Crippen LogP contribution in [0.15, 0.2) is 82.6 Å². The van der Waals surface area contributed by atoms with Crippen LogP contribution in [0.25, 0.3) is 0 Å². The van der Waals surface area contributed by atoms with Gasteiger partial charge >= 0.3 is 11.9 Å². The molecule has 198 valence electrons.